The van der Waals surface area contributed by atoms with Gasteiger partial charge in [-0.3, -0.25) is 9.36 Å². The van der Waals surface area contributed by atoms with Gasteiger partial charge >= 0.3 is 0 Å². The number of nitrogens with zero attached hydrogens (tertiary/aromatic N) is 2. The molecule has 0 bridgehead atoms. The summed E-state index contributed by atoms with van der Waals surface area (Å²) < 4.78 is 1.72. The lowest BCUT2D eigenvalue weighted by atomic mass is 10.0. The number of hydrogen-bond acceptors (Lipinski definition) is 4. The Morgan fingerprint density at radius 1 is 1.12 bits per heavy atom. The molecule has 1 heterocycles. The summed E-state index contributed by atoms with van der Waals surface area (Å²) in [5.74, 6) is 1.01. The number of rotatable bonds is 6. The van der Waals surface area contributed by atoms with Crippen molar-refractivity contribution in [2.45, 2.75) is 31.3 Å². The average Bonchev–Trinajstić information content (AvgIpc) is 2.62. The zero-order valence-corrected chi connectivity index (χ0v) is 15.3. The third-order valence-corrected chi connectivity index (χ3v) is 5.10. The molecule has 0 amide bonds. The summed E-state index contributed by atoms with van der Waals surface area (Å²) in [5, 5.41) is 10.4. The summed E-state index contributed by atoms with van der Waals surface area (Å²) in [6.07, 6.45) is 0.666. The Morgan fingerprint density at radius 2 is 1.84 bits per heavy atom. The largest absolute Gasteiger partial charge is 0.396 e. The fourth-order valence-electron chi connectivity index (χ4n) is 2.83. The standard InChI is InChI=1S/C20H22N2O2S/c1-14(2)15-8-4-6-11-18(15)22-19(24)16-9-3-5-10-17(16)21-20(22)25-13-7-12-23/h3-6,8-11,14,23H,7,12-13H2,1-2H3. The molecule has 0 radical (unpaired) electrons. The van der Waals surface area contributed by atoms with Gasteiger partial charge in [0.2, 0.25) is 0 Å². The first-order valence-electron chi connectivity index (χ1n) is 8.48. The van der Waals surface area contributed by atoms with Gasteiger partial charge in [0, 0.05) is 12.4 Å². The van der Waals surface area contributed by atoms with Gasteiger partial charge in [-0.05, 0) is 36.1 Å². The zero-order valence-electron chi connectivity index (χ0n) is 14.5. The van der Waals surface area contributed by atoms with Crippen molar-refractivity contribution in [3.05, 3.63) is 64.4 Å². The molecule has 3 rings (SSSR count). The maximum atomic E-state index is 13.2. The maximum absolute atomic E-state index is 13.2. The van der Waals surface area contributed by atoms with Gasteiger partial charge < -0.3 is 5.11 Å². The molecule has 0 spiro atoms. The Balaban J connectivity index is 2.26. The Hall–Kier alpha value is -2.11. The van der Waals surface area contributed by atoms with Gasteiger partial charge in [-0.15, -0.1) is 0 Å². The van der Waals surface area contributed by atoms with Crippen LogP contribution in [0.5, 0.6) is 0 Å². The van der Waals surface area contributed by atoms with Crippen LogP contribution in [0.15, 0.2) is 58.5 Å². The van der Waals surface area contributed by atoms with E-state index in [2.05, 4.69) is 19.9 Å². The minimum Gasteiger partial charge on any atom is -0.396 e. The fourth-order valence-corrected chi connectivity index (χ4v) is 3.76. The fraction of sp³-hybridized carbons (Fsp3) is 0.300. The van der Waals surface area contributed by atoms with Crippen molar-refractivity contribution in [1.82, 2.24) is 9.55 Å². The van der Waals surface area contributed by atoms with Gasteiger partial charge in [-0.25, -0.2) is 4.98 Å². The highest BCUT2D eigenvalue weighted by molar-refractivity contribution is 7.99. The molecule has 0 aliphatic carbocycles. The molecule has 0 atom stereocenters. The van der Waals surface area contributed by atoms with E-state index in [0.29, 0.717) is 34.2 Å². The summed E-state index contributed by atoms with van der Waals surface area (Å²) in [6.45, 7) is 4.38. The van der Waals surface area contributed by atoms with Crippen LogP contribution in [-0.4, -0.2) is 27.0 Å². The van der Waals surface area contributed by atoms with E-state index in [1.54, 1.807) is 4.57 Å². The van der Waals surface area contributed by atoms with Crippen LogP contribution in [0.3, 0.4) is 0 Å². The number of benzene rings is 2. The Labute approximate surface area is 151 Å². The first kappa shape index (κ1) is 17.7. The van der Waals surface area contributed by atoms with Gasteiger partial charge in [0.15, 0.2) is 5.16 Å². The quantitative estimate of drug-likeness (QED) is 0.413. The van der Waals surface area contributed by atoms with Crippen LogP contribution in [0, 0.1) is 0 Å². The average molecular weight is 354 g/mol. The highest BCUT2D eigenvalue weighted by Gasteiger charge is 2.16. The second-order valence-corrected chi connectivity index (χ2v) is 7.25. The topological polar surface area (TPSA) is 55.1 Å². The molecule has 2 aromatic carbocycles. The van der Waals surface area contributed by atoms with Gasteiger partial charge in [-0.2, -0.15) is 0 Å². The Bertz CT molecular complexity index is 934. The molecule has 4 nitrogen and oxygen atoms in total. The SMILES string of the molecule is CC(C)c1ccccc1-n1c(SCCCO)nc2ccccc2c1=O. The van der Waals surface area contributed by atoms with E-state index in [-0.39, 0.29) is 12.2 Å². The van der Waals surface area contributed by atoms with Crippen molar-refractivity contribution in [1.29, 1.82) is 0 Å². The summed E-state index contributed by atoms with van der Waals surface area (Å²) in [7, 11) is 0. The molecule has 3 aromatic rings. The molecule has 0 aliphatic rings. The lowest BCUT2D eigenvalue weighted by molar-refractivity contribution is 0.296. The van der Waals surface area contributed by atoms with E-state index in [4.69, 9.17) is 10.1 Å². The number of aromatic nitrogens is 2. The van der Waals surface area contributed by atoms with Crippen molar-refractivity contribution < 1.29 is 5.11 Å². The van der Waals surface area contributed by atoms with Gasteiger partial charge in [0.1, 0.15) is 0 Å². The highest BCUT2D eigenvalue weighted by Crippen LogP contribution is 2.27. The zero-order chi connectivity index (χ0) is 17.8. The van der Waals surface area contributed by atoms with E-state index in [9.17, 15) is 4.79 Å². The lowest BCUT2D eigenvalue weighted by Gasteiger charge is -2.18. The monoisotopic (exact) mass is 354 g/mol. The molecular weight excluding hydrogens is 332 g/mol. The highest BCUT2D eigenvalue weighted by atomic mass is 32.2. The molecule has 0 aliphatic heterocycles. The van der Waals surface area contributed by atoms with Crippen LogP contribution in [-0.2, 0) is 0 Å². The normalized spacial score (nSPS) is 11.4. The van der Waals surface area contributed by atoms with Crippen molar-refractivity contribution in [3.63, 3.8) is 0 Å². The first-order chi connectivity index (χ1) is 12.1. The minimum atomic E-state index is -0.0507. The second-order valence-electron chi connectivity index (χ2n) is 6.19. The van der Waals surface area contributed by atoms with E-state index in [1.165, 1.54) is 11.8 Å². The smallest absolute Gasteiger partial charge is 0.266 e. The van der Waals surface area contributed by atoms with Crippen LogP contribution >= 0.6 is 11.8 Å². The van der Waals surface area contributed by atoms with E-state index in [1.807, 2.05) is 42.5 Å². The van der Waals surface area contributed by atoms with Crippen molar-refractivity contribution in [2.24, 2.45) is 0 Å². The van der Waals surface area contributed by atoms with E-state index in [0.717, 1.165) is 11.3 Å². The molecule has 0 saturated heterocycles. The lowest BCUT2D eigenvalue weighted by Crippen LogP contribution is -2.23. The summed E-state index contributed by atoms with van der Waals surface area (Å²) in [4.78, 5) is 17.9. The number of aliphatic hydroxyl groups excluding tert-OH is 1. The third kappa shape index (κ3) is 3.62. The molecule has 0 unspecified atom stereocenters. The van der Waals surface area contributed by atoms with Gasteiger partial charge in [0.05, 0.1) is 16.6 Å². The van der Waals surface area contributed by atoms with Crippen LogP contribution in [0.4, 0.5) is 0 Å². The van der Waals surface area contributed by atoms with Gasteiger partial charge in [0.25, 0.3) is 5.56 Å². The van der Waals surface area contributed by atoms with Gasteiger partial charge in [-0.1, -0.05) is 55.9 Å². The molecular formula is C20H22N2O2S. The molecule has 130 valence electrons. The third-order valence-electron chi connectivity index (χ3n) is 4.08. The first-order valence-corrected chi connectivity index (χ1v) is 9.46. The molecule has 0 saturated carbocycles. The minimum absolute atomic E-state index is 0.0507. The van der Waals surface area contributed by atoms with Crippen molar-refractivity contribution >= 4 is 22.7 Å². The predicted octanol–water partition coefficient (Wildman–Crippen LogP) is 3.98. The van der Waals surface area contributed by atoms with Crippen molar-refractivity contribution in [2.75, 3.05) is 12.4 Å². The number of fused-ring (bicyclic) bond motifs is 1. The number of thioether (sulfide) groups is 1. The second kappa shape index (κ2) is 7.85. The number of hydrogen-bond donors (Lipinski definition) is 1. The summed E-state index contributed by atoms with van der Waals surface area (Å²) in [5.41, 5.74) is 2.65. The van der Waals surface area contributed by atoms with Crippen LogP contribution in [0.2, 0.25) is 0 Å². The number of para-hydroxylation sites is 2. The van der Waals surface area contributed by atoms with Crippen LogP contribution in [0.25, 0.3) is 16.6 Å². The van der Waals surface area contributed by atoms with Crippen LogP contribution in [0.1, 0.15) is 31.7 Å². The summed E-state index contributed by atoms with van der Waals surface area (Å²) in [6, 6.07) is 15.4. The van der Waals surface area contributed by atoms with Crippen molar-refractivity contribution in [3.8, 4) is 5.69 Å². The Kier molecular flexibility index (Phi) is 5.56. The summed E-state index contributed by atoms with van der Waals surface area (Å²) >= 11 is 1.51. The van der Waals surface area contributed by atoms with E-state index >= 15 is 0 Å². The number of aliphatic hydroxyl groups is 1. The molecule has 0 fully saturated rings. The Morgan fingerprint density at radius 3 is 2.60 bits per heavy atom. The maximum Gasteiger partial charge on any atom is 0.266 e. The molecule has 1 aromatic heterocycles. The molecule has 5 heteroatoms. The predicted molar refractivity (Wildman–Crippen MR) is 104 cm³/mol. The molecule has 1 N–H and O–H groups in total. The molecule has 25 heavy (non-hydrogen) atoms. The van der Waals surface area contributed by atoms with E-state index < -0.39 is 0 Å². The van der Waals surface area contributed by atoms with Crippen LogP contribution < -0.4 is 5.56 Å².